The molecule has 2 aliphatic heterocycles. The van der Waals surface area contributed by atoms with E-state index in [2.05, 4.69) is 16.3 Å². The zero-order valence-electron chi connectivity index (χ0n) is 22.2. The number of nitrogens with zero attached hydrogens (tertiary/aromatic N) is 3. The lowest BCUT2D eigenvalue weighted by molar-refractivity contribution is -0.117. The topological polar surface area (TPSA) is 74.2 Å². The molecule has 3 aromatic rings. The number of carbonyl (C=O) groups is 2. The summed E-state index contributed by atoms with van der Waals surface area (Å²) in [5, 5.41) is 3.16. The third-order valence-electron chi connectivity index (χ3n) is 6.72. The predicted molar refractivity (Wildman–Crippen MR) is 151 cm³/mol. The van der Waals surface area contributed by atoms with Crippen molar-refractivity contribution >= 4 is 29.1 Å². The molecular formula is C31H34N4O3. The number of benzene rings is 3. The number of anilines is 2. The molecule has 0 unspecified atom stereocenters. The van der Waals surface area contributed by atoms with E-state index in [1.54, 1.807) is 4.90 Å². The molecule has 0 saturated carbocycles. The first-order valence-corrected chi connectivity index (χ1v) is 13.1. The van der Waals surface area contributed by atoms with Gasteiger partial charge in [0.05, 0.1) is 11.4 Å². The van der Waals surface area contributed by atoms with Gasteiger partial charge >= 0.3 is 6.09 Å². The highest BCUT2D eigenvalue weighted by atomic mass is 16.6. The van der Waals surface area contributed by atoms with E-state index in [0.717, 1.165) is 33.8 Å². The number of rotatable bonds is 4. The summed E-state index contributed by atoms with van der Waals surface area (Å²) in [6.45, 7) is 8.15. The van der Waals surface area contributed by atoms with Crippen molar-refractivity contribution in [2.75, 3.05) is 36.4 Å². The van der Waals surface area contributed by atoms with Crippen LogP contribution in [0.4, 0.5) is 16.2 Å². The molecule has 0 aromatic heterocycles. The number of aliphatic imine (C=N–C) groups is 1. The molecule has 7 nitrogen and oxygen atoms in total. The maximum absolute atomic E-state index is 13.4. The summed E-state index contributed by atoms with van der Waals surface area (Å²) >= 11 is 0. The monoisotopic (exact) mass is 510 g/mol. The second-order valence-corrected chi connectivity index (χ2v) is 10.7. The van der Waals surface area contributed by atoms with Crippen molar-refractivity contribution < 1.29 is 14.3 Å². The van der Waals surface area contributed by atoms with Gasteiger partial charge in [0.15, 0.2) is 0 Å². The Hall–Kier alpha value is -4.13. The van der Waals surface area contributed by atoms with Crippen LogP contribution in [0.1, 0.15) is 37.5 Å². The lowest BCUT2D eigenvalue weighted by atomic mass is 9.99. The van der Waals surface area contributed by atoms with E-state index in [1.165, 1.54) is 0 Å². The Balaban J connectivity index is 1.40. The second-order valence-electron chi connectivity index (χ2n) is 10.7. The van der Waals surface area contributed by atoms with Crippen LogP contribution in [-0.2, 0) is 16.0 Å². The van der Waals surface area contributed by atoms with Crippen molar-refractivity contribution in [3.63, 3.8) is 0 Å². The first-order chi connectivity index (χ1) is 18.3. The minimum Gasteiger partial charge on any atom is -0.444 e. The fraction of sp³-hybridized carbons (Fsp3) is 0.323. The quantitative estimate of drug-likeness (QED) is 0.527. The lowest BCUT2D eigenvalue weighted by Crippen LogP contribution is -2.50. The second kappa shape index (κ2) is 10.7. The van der Waals surface area contributed by atoms with Crippen LogP contribution < -0.4 is 10.2 Å². The maximum atomic E-state index is 13.4. The van der Waals surface area contributed by atoms with E-state index >= 15 is 0 Å². The Morgan fingerprint density at radius 3 is 2.26 bits per heavy atom. The van der Waals surface area contributed by atoms with Gasteiger partial charge in [0, 0.05) is 49.4 Å². The SMILES string of the molecule is CC(C)(C)OC(=O)N1CCN(c2ccc3c(c2)NC(=O)[C@H](Cc2ccccc2)N=C3c2ccccc2)CC1. The van der Waals surface area contributed by atoms with Crippen LogP contribution >= 0.6 is 0 Å². The summed E-state index contributed by atoms with van der Waals surface area (Å²) in [5.74, 6) is -0.118. The minimum absolute atomic E-state index is 0.118. The predicted octanol–water partition coefficient (Wildman–Crippen LogP) is 5.14. The van der Waals surface area contributed by atoms with Crippen LogP contribution in [0.2, 0.25) is 0 Å². The third kappa shape index (κ3) is 5.88. The highest BCUT2D eigenvalue weighted by Crippen LogP contribution is 2.30. The van der Waals surface area contributed by atoms with E-state index in [-0.39, 0.29) is 12.0 Å². The summed E-state index contributed by atoms with van der Waals surface area (Å²) < 4.78 is 5.53. The zero-order chi connectivity index (χ0) is 26.7. The van der Waals surface area contributed by atoms with Crippen molar-refractivity contribution in [1.29, 1.82) is 0 Å². The van der Waals surface area contributed by atoms with E-state index < -0.39 is 11.6 Å². The van der Waals surface area contributed by atoms with Gasteiger partial charge in [-0.2, -0.15) is 0 Å². The number of hydrogen-bond donors (Lipinski definition) is 1. The van der Waals surface area contributed by atoms with Crippen molar-refractivity contribution in [3.05, 3.63) is 95.6 Å². The van der Waals surface area contributed by atoms with Gasteiger partial charge < -0.3 is 19.9 Å². The summed E-state index contributed by atoms with van der Waals surface area (Å²) in [7, 11) is 0. The molecule has 1 saturated heterocycles. The van der Waals surface area contributed by atoms with Crippen LogP contribution in [-0.4, -0.2) is 60.4 Å². The molecule has 0 radical (unpaired) electrons. The molecule has 196 valence electrons. The van der Waals surface area contributed by atoms with E-state index in [4.69, 9.17) is 9.73 Å². The van der Waals surface area contributed by atoms with Gasteiger partial charge in [-0.25, -0.2) is 4.79 Å². The molecule has 3 aromatic carbocycles. The van der Waals surface area contributed by atoms with Gasteiger partial charge in [-0.15, -0.1) is 0 Å². The van der Waals surface area contributed by atoms with Gasteiger partial charge in [0.25, 0.3) is 0 Å². The molecule has 2 amide bonds. The number of nitrogens with one attached hydrogen (secondary N) is 1. The standard InChI is InChI=1S/C31H34N4O3/c1-31(2,3)38-30(37)35-18-16-34(17-19-35)24-14-15-25-26(21-24)33-29(36)27(20-22-10-6-4-7-11-22)32-28(25)23-12-8-5-9-13-23/h4-15,21,27H,16-20H2,1-3H3,(H,33,36)/t27-/m0/s1. The summed E-state index contributed by atoms with van der Waals surface area (Å²) in [5.41, 5.74) is 4.99. The molecule has 7 heteroatoms. The Kier molecular flexibility index (Phi) is 7.18. The molecule has 0 aliphatic carbocycles. The molecule has 1 atom stereocenters. The molecule has 0 bridgehead atoms. The zero-order valence-corrected chi connectivity index (χ0v) is 22.2. The van der Waals surface area contributed by atoms with Gasteiger partial charge in [-0.3, -0.25) is 9.79 Å². The van der Waals surface area contributed by atoms with Crippen LogP contribution in [0, 0.1) is 0 Å². The van der Waals surface area contributed by atoms with Gasteiger partial charge in [0.2, 0.25) is 5.91 Å². The smallest absolute Gasteiger partial charge is 0.410 e. The molecular weight excluding hydrogens is 476 g/mol. The van der Waals surface area contributed by atoms with E-state index in [0.29, 0.717) is 32.6 Å². The average Bonchev–Trinajstić information content (AvgIpc) is 3.04. The Labute approximate surface area is 224 Å². The normalized spacial score (nSPS) is 17.7. The number of ether oxygens (including phenoxy) is 1. The summed E-state index contributed by atoms with van der Waals surface area (Å²) in [6.07, 6.45) is 0.246. The molecule has 1 N–H and O–H groups in total. The number of amides is 2. The van der Waals surface area contributed by atoms with Crippen LogP contribution in [0.3, 0.4) is 0 Å². The highest BCUT2D eigenvalue weighted by molar-refractivity contribution is 6.20. The summed E-state index contributed by atoms with van der Waals surface area (Å²) in [6, 6.07) is 25.6. The molecule has 2 heterocycles. The fourth-order valence-electron chi connectivity index (χ4n) is 4.81. The van der Waals surface area contributed by atoms with Crippen LogP contribution in [0.15, 0.2) is 83.9 Å². The van der Waals surface area contributed by atoms with Crippen molar-refractivity contribution in [2.24, 2.45) is 4.99 Å². The number of benzodiazepines with no additional fused rings is 1. The van der Waals surface area contributed by atoms with Crippen LogP contribution in [0.25, 0.3) is 0 Å². The van der Waals surface area contributed by atoms with Crippen molar-refractivity contribution in [1.82, 2.24) is 4.90 Å². The molecule has 38 heavy (non-hydrogen) atoms. The Bertz CT molecular complexity index is 1320. The Morgan fingerprint density at radius 2 is 1.61 bits per heavy atom. The summed E-state index contributed by atoms with van der Waals surface area (Å²) in [4.78, 5) is 34.9. The average molecular weight is 511 g/mol. The number of hydrogen-bond acceptors (Lipinski definition) is 5. The number of fused-ring (bicyclic) bond motifs is 1. The van der Waals surface area contributed by atoms with E-state index in [1.807, 2.05) is 93.6 Å². The highest BCUT2D eigenvalue weighted by Gasteiger charge is 2.29. The molecule has 1 fully saturated rings. The lowest BCUT2D eigenvalue weighted by Gasteiger charge is -2.37. The first kappa shape index (κ1) is 25.5. The minimum atomic E-state index is -0.541. The molecule has 5 rings (SSSR count). The number of carbonyl (C=O) groups excluding carboxylic acids is 2. The van der Waals surface area contributed by atoms with Crippen molar-refractivity contribution in [3.8, 4) is 0 Å². The van der Waals surface area contributed by atoms with Gasteiger partial charge in [-0.05, 0) is 44.5 Å². The first-order valence-electron chi connectivity index (χ1n) is 13.1. The third-order valence-corrected chi connectivity index (χ3v) is 6.72. The van der Waals surface area contributed by atoms with Gasteiger partial charge in [-0.1, -0.05) is 60.7 Å². The van der Waals surface area contributed by atoms with E-state index in [9.17, 15) is 9.59 Å². The van der Waals surface area contributed by atoms with Crippen molar-refractivity contribution in [2.45, 2.75) is 38.8 Å². The van der Waals surface area contributed by atoms with Gasteiger partial charge in [0.1, 0.15) is 11.6 Å². The Morgan fingerprint density at radius 1 is 0.947 bits per heavy atom. The molecule has 2 aliphatic rings. The maximum Gasteiger partial charge on any atom is 0.410 e. The molecule has 0 spiro atoms. The number of piperazine rings is 1. The largest absolute Gasteiger partial charge is 0.444 e. The van der Waals surface area contributed by atoms with Crippen LogP contribution in [0.5, 0.6) is 0 Å². The fourth-order valence-corrected chi connectivity index (χ4v) is 4.81.